The van der Waals surface area contributed by atoms with Crippen molar-refractivity contribution in [1.82, 2.24) is 4.37 Å². The Hall–Kier alpha value is -1.09. The zero-order valence-electron chi connectivity index (χ0n) is 7.58. The molecule has 0 spiro atoms. The minimum atomic E-state index is 0.994. The summed E-state index contributed by atoms with van der Waals surface area (Å²) in [5, 5.41) is 4.55. The van der Waals surface area contributed by atoms with Crippen molar-refractivity contribution in [2.45, 2.75) is 13.3 Å². The number of hydrogen-bond donors (Lipinski definition) is 1. The Morgan fingerprint density at radius 1 is 1.38 bits per heavy atom. The van der Waals surface area contributed by atoms with Gasteiger partial charge < -0.3 is 5.32 Å². The molecule has 0 radical (unpaired) electrons. The fourth-order valence-corrected chi connectivity index (χ4v) is 2.01. The summed E-state index contributed by atoms with van der Waals surface area (Å²) >= 11 is 1.55. The van der Waals surface area contributed by atoms with E-state index in [0.29, 0.717) is 0 Å². The molecule has 0 saturated carbocycles. The van der Waals surface area contributed by atoms with Gasteiger partial charge >= 0.3 is 0 Å². The number of hydrogen-bond acceptors (Lipinski definition) is 3. The summed E-state index contributed by atoms with van der Waals surface area (Å²) in [6, 6.07) is 8.30. The molecular formula is C10H12N2S. The van der Waals surface area contributed by atoms with E-state index >= 15 is 0 Å². The highest BCUT2D eigenvalue weighted by atomic mass is 32.1. The second kappa shape index (κ2) is 3.75. The van der Waals surface area contributed by atoms with E-state index in [9.17, 15) is 0 Å². The Labute approximate surface area is 81.8 Å². The van der Waals surface area contributed by atoms with Crippen LogP contribution in [0.2, 0.25) is 0 Å². The minimum Gasteiger partial charge on any atom is -0.369 e. The van der Waals surface area contributed by atoms with Gasteiger partial charge in [0, 0.05) is 11.9 Å². The molecule has 68 valence electrons. The van der Waals surface area contributed by atoms with Crippen LogP contribution in [0.5, 0.6) is 0 Å². The van der Waals surface area contributed by atoms with Crippen molar-refractivity contribution < 1.29 is 0 Å². The van der Waals surface area contributed by atoms with Gasteiger partial charge in [-0.25, -0.2) is 0 Å². The summed E-state index contributed by atoms with van der Waals surface area (Å²) in [6.45, 7) is 3.15. The van der Waals surface area contributed by atoms with E-state index in [-0.39, 0.29) is 0 Å². The number of nitrogens with one attached hydrogen (secondary N) is 1. The Balaban J connectivity index is 2.35. The Morgan fingerprint density at radius 3 is 3.08 bits per heavy atom. The van der Waals surface area contributed by atoms with Crippen molar-refractivity contribution in [2.75, 3.05) is 11.9 Å². The highest BCUT2D eigenvalue weighted by molar-refractivity contribution is 7.13. The molecule has 1 aromatic carbocycles. The average molecular weight is 192 g/mol. The fraction of sp³-hybridized carbons (Fsp3) is 0.300. The van der Waals surface area contributed by atoms with Gasteiger partial charge in [0.05, 0.1) is 4.70 Å². The first-order valence-corrected chi connectivity index (χ1v) is 5.27. The third-order valence-corrected chi connectivity index (χ3v) is 2.75. The maximum Gasteiger partial charge on any atom is 0.147 e. The van der Waals surface area contributed by atoms with Crippen LogP contribution in [0, 0.1) is 0 Å². The van der Waals surface area contributed by atoms with E-state index in [4.69, 9.17) is 0 Å². The van der Waals surface area contributed by atoms with Crippen LogP contribution in [0.3, 0.4) is 0 Å². The van der Waals surface area contributed by atoms with Gasteiger partial charge in [0.15, 0.2) is 0 Å². The number of rotatable bonds is 3. The van der Waals surface area contributed by atoms with Gasteiger partial charge in [-0.05, 0) is 30.1 Å². The molecule has 2 aromatic rings. The molecule has 13 heavy (non-hydrogen) atoms. The van der Waals surface area contributed by atoms with Crippen LogP contribution in [0.4, 0.5) is 5.82 Å². The molecule has 3 heteroatoms. The quantitative estimate of drug-likeness (QED) is 0.808. The van der Waals surface area contributed by atoms with Crippen LogP contribution in [0.25, 0.3) is 10.1 Å². The molecule has 0 aliphatic rings. The van der Waals surface area contributed by atoms with Gasteiger partial charge in [0.25, 0.3) is 0 Å². The molecule has 2 nitrogen and oxygen atoms in total. The predicted octanol–water partition coefficient (Wildman–Crippen LogP) is 3.12. The highest BCUT2D eigenvalue weighted by Crippen LogP contribution is 2.25. The van der Waals surface area contributed by atoms with Crippen LogP contribution in [0.1, 0.15) is 13.3 Å². The molecule has 0 saturated heterocycles. The zero-order chi connectivity index (χ0) is 9.10. The van der Waals surface area contributed by atoms with Crippen molar-refractivity contribution >= 4 is 27.4 Å². The van der Waals surface area contributed by atoms with Crippen molar-refractivity contribution in [3.05, 3.63) is 24.3 Å². The lowest BCUT2D eigenvalue weighted by Gasteiger charge is -1.99. The number of benzene rings is 1. The molecule has 1 N–H and O–H groups in total. The van der Waals surface area contributed by atoms with E-state index in [0.717, 1.165) is 18.8 Å². The van der Waals surface area contributed by atoms with Gasteiger partial charge in [0.2, 0.25) is 0 Å². The molecule has 1 aromatic heterocycles. The lowest BCUT2D eigenvalue weighted by atomic mass is 10.2. The summed E-state index contributed by atoms with van der Waals surface area (Å²) in [6.07, 6.45) is 1.13. The molecular weight excluding hydrogens is 180 g/mol. The van der Waals surface area contributed by atoms with Crippen LogP contribution in [-0.4, -0.2) is 10.9 Å². The van der Waals surface area contributed by atoms with Gasteiger partial charge in [-0.15, -0.1) is 0 Å². The average Bonchev–Trinajstić information content (AvgIpc) is 2.58. The second-order valence-electron chi connectivity index (χ2n) is 2.95. The molecule has 0 aliphatic carbocycles. The van der Waals surface area contributed by atoms with Gasteiger partial charge in [-0.2, -0.15) is 4.37 Å². The molecule has 0 amide bonds. The molecule has 0 aliphatic heterocycles. The van der Waals surface area contributed by atoms with E-state index < -0.39 is 0 Å². The zero-order valence-corrected chi connectivity index (χ0v) is 8.40. The number of fused-ring (bicyclic) bond motifs is 1. The molecule has 1 heterocycles. The number of nitrogens with zero attached hydrogens (tertiary/aromatic N) is 1. The van der Waals surface area contributed by atoms with E-state index in [1.807, 2.05) is 12.1 Å². The lowest BCUT2D eigenvalue weighted by Crippen LogP contribution is -1.99. The van der Waals surface area contributed by atoms with Crippen molar-refractivity contribution in [3.63, 3.8) is 0 Å². The SMILES string of the molecule is CCCNc1nsc2ccccc12. The molecule has 0 atom stereocenters. The Morgan fingerprint density at radius 2 is 2.23 bits per heavy atom. The number of aromatic nitrogens is 1. The first kappa shape index (κ1) is 8.51. The highest BCUT2D eigenvalue weighted by Gasteiger charge is 2.02. The summed E-state index contributed by atoms with van der Waals surface area (Å²) in [7, 11) is 0. The Bertz CT molecular complexity index is 394. The fourth-order valence-electron chi connectivity index (χ4n) is 1.26. The van der Waals surface area contributed by atoms with E-state index in [1.54, 1.807) is 11.5 Å². The maximum absolute atomic E-state index is 4.36. The lowest BCUT2D eigenvalue weighted by molar-refractivity contribution is 0.976. The van der Waals surface area contributed by atoms with Gasteiger partial charge in [-0.3, -0.25) is 0 Å². The molecule has 0 bridgehead atoms. The topological polar surface area (TPSA) is 24.9 Å². The normalized spacial score (nSPS) is 10.5. The van der Waals surface area contributed by atoms with Crippen LogP contribution < -0.4 is 5.32 Å². The second-order valence-corrected chi connectivity index (χ2v) is 3.76. The van der Waals surface area contributed by atoms with Crippen molar-refractivity contribution in [2.24, 2.45) is 0 Å². The standard InChI is InChI=1S/C10H12N2S/c1-2-7-11-10-8-5-3-4-6-9(8)13-12-10/h3-6H,2,7H2,1H3,(H,11,12). The summed E-state index contributed by atoms with van der Waals surface area (Å²) in [5.74, 6) is 1.03. The Kier molecular flexibility index (Phi) is 2.45. The summed E-state index contributed by atoms with van der Waals surface area (Å²) < 4.78 is 5.61. The third kappa shape index (κ3) is 1.65. The van der Waals surface area contributed by atoms with Gasteiger partial charge in [-0.1, -0.05) is 19.1 Å². The monoisotopic (exact) mass is 192 g/mol. The maximum atomic E-state index is 4.36. The minimum absolute atomic E-state index is 0.994. The van der Waals surface area contributed by atoms with Crippen molar-refractivity contribution in [3.8, 4) is 0 Å². The van der Waals surface area contributed by atoms with Crippen molar-refractivity contribution in [1.29, 1.82) is 0 Å². The summed E-state index contributed by atoms with van der Waals surface area (Å²) in [5.41, 5.74) is 0. The van der Waals surface area contributed by atoms with Gasteiger partial charge in [0.1, 0.15) is 5.82 Å². The van der Waals surface area contributed by atoms with Crippen LogP contribution >= 0.6 is 11.5 Å². The third-order valence-electron chi connectivity index (χ3n) is 1.92. The van der Waals surface area contributed by atoms with Crippen LogP contribution in [0.15, 0.2) is 24.3 Å². The predicted molar refractivity (Wildman–Crippen MR) is 58.4 cm³/mol. The molecule has 0 unspecified atom stereocenters. The molecule has 0 fully saturated rings. The number of anilines is 1. The first-order chi connectivity index (χ1) is 6.42. The van der Waals surface area contributed by atoms with E-state index in [1.165, 1.54) is 10.1 Å². The summed E-state index contributed by atoms with van der Waals surface area (Å²) in [4.78, 5) is 0. The van der Waals surface area contributed by atoms with E-state index in [2.05, 4.69) is 28.7 Å². The smallest absolute Gasteiger partial charge is 0.147 e. The van der Waals surface area contributed by atoms with Crippen LogP contribution in [-0.2, 0) is 0 Å². The largest absolute Gasteiger partial charge is 0.369 e. The molecule has 2 rings (SSSR count). The first-order valence-electron chi connectivity index (χ1n) is 4.50.